The molecule has 1 atom stereocenters. The number of carbonyl (C=O) groups excluding carboxylic acids is 1. The maximum Gasteiger partial charge on any atom is 0.228 e. The molecular weight excluding hydrogens is 306 g/mol. The molecular formula is C19H23NO2S. The van der Waals surface area contributed by atoms with Gasteiger partial charge >= 0.3 is 0 Å². The Morgan fingerprint density at radius 3 is 2.57 bits per heavy atom. The molecule has 1 fully saturated rings. The monoisotopic (exact) mass is 329 g/mol. The molecule has 23 heavy (non-hydrogen) atoms. The third-order valence-electron chi connectivity index (χ3n) is 4.63. The van der Waals surface area contributed by atoms with Crippen LogP contribution in [0.2, 0.25) is 0 Å². The van der Waals surface area contributed by atoms with Crippen LogP contribution in [-0.4, -0.2) is 19.1 Å². The van der Waals surface area contributed by atoms with Gasteiger partial charge < -0.3 is 10.1 Å². The molecule has 3 rings (SSSR count). The molecule has 1 unspecified atom stereocenters. The quantitative estimate of drug-likeness (QED) is 0.898. The van der Waals surface area contributed by atoms with Crippen LogP contribution in [0.5, 0.6) is 0 Å². The standard InChI is InChI=1S/C19H23NO2S/c1-2-16(15-7-4-3-5-8-15)18(21)20-19(10-12-22-13-11-19)17-9-6-14-23-17/h3-9,14,16H,2,10-13H2,1H3,(H,20,21). The van der Waals surface area contributed by atoms with Crippen LogP contribution in [0.1, 0.15) is 42.5 Å². The summed E-state index contributed by atoms with van der Waals surface area (Å²) >= 11 is 1.72. The third kappa shape index (κ3) is 3.48. The predicted molar refractivity (Wildman–Crippen MR) is 93.7 cm³/mol. The van der Waals surface area contributed by atoms with Crippen LogP contribution in [0.3, 0.4) is 0 Å². The second-order valence-electron chi connectivity index (χ2n) is 6.03. The Bertz CT molecular complexity index is 618. The highest BCUT2D eigenvalue weighted by Gasteiger charge is 2.38. The van der Waals surface area contributed by atoms with Crippen molar-refractivity contribution in [3.8, 4) is 0 Å². The van der Waals surface area contributed by atoms with Crippen molar-refractivity contribution in [2.45, 2.75) is 37.6 Å². The molecule has 0 radical (unpaired) electrons. The van der Waals surface area contributed by atoms with E-state index in [0.717, 1.165) is 24.8 Å². The van der Waals surface area contributed by atoms with Gasteiger partial charge in [0.25, 0.3) is 0 Å². The minimum Gasteiger partial charge on any atom is -0.381 e. The van der Waals surface area contributed by atoms with Gasteiger partial charge in [0.2, 0.25) is 5.91 Å². The second kappa shape index (κ2) is 7.28. The Morgan fingerprint density at radius 1 is 1.22 bits per heavy atom. The molecule has 2 heterocycles. The van der Waals surface area contributed by atoms with E-state index in [2.05, 4.69) is 29.8 Å². The Labute approximate surface area is 141 Å². The largest absolute Gasteiger partial charge is 0.381 e. The highest BCUT2D eigenvalue weighted by molar-refractivity contribution is 7.10. The molecule has 1 aromatic heterocycles. The van der Waals surface area contributed by atoms with E-state index in [9.17, 15) is 4.79 Å². The van der Waals surface area contributed by atoms with E-state index in [1.54, 1.807) is 11.3 Å². The van der Waals surface area contributed by atoms with E-state index in [-0.39, 0.29) is 17.4 Å². The summed E-state index contributed by atoms with van der Waals surface area (Å²) < 4.78 is 5.53. The highest BCUT2D eigenvalue weighted by atomic mass is 32.1. The van der Waals surface area contributed by atoms with Crippen molar-refractivity contribution in [1.82, 2.24) is 5.32 Å². The number of amides is 1. The average Bonchev–Trinajstić information content (AvgIpc) is 3.12. The number of hydrogen-bond donors (Lipinski definition) is 1. The molecule has 1 aliphatic rings. The van der Waals surface area contributed by atoms with Crippen LogP contribution < -0.4 is 5.32 Å². The van der Waals surface area contributed by atoms with Gasteiger partial charge in [-0.2, -0.15) is 0 Å². The van der Waals surface area contributed by atoms with Crippen LogP contribution in [0.4, 0.5) is 0 Å². The smallest absolute Gasteiger partial charge is 0.228 e. The van der Waals surface area contributed by atoms with Gasteiger partial charge in [0.05, 0.1) is 11.5 Å². The molecule has 1 saturated heterocycles. The maximum atomic E-state index is 13.0. The SMILES string of the molecule is CCC(C(=O)NC1(c2cccs2)CCOCC1)c1ccccc1. The Hall–Kier alpha value is -1.65. The average molecular weight is 329 g/mol. The van der Waals surface area contributed by atoms with Gasteiger partial charge in [-0.05, 0) is 36.3 Å². The number of carbonyl (C=O) groups is 1. The fraction of sp³-hybridized carbons (Fsp3) is 0.421. The van der Waals surface area contributed by atoms with Gasteiger partial charge in [-0.25, -0.2) is 0 Å². The van der Waals surface area contributed by atoms with Crippen molar-refractivity contribution in [2.24, 2.45) is 0 Å². The summed E-state index contributed by atoms with van der Waals surface area (Å²) in [5.74, 6) is 0.0184. The lowest BCUT2D eigenvalue weighted by molar-refractivity contribution is -0.126. The first-order valence-corrected chi connectivity index (χ1v) is 9.12. The molecule has 2 aromatic rings. The Balaban J connectivity index is 1.83. The minimum absolute atomic E-state index is 0.101. The fourth-order valence-electron chi connectivity index (χ4n) is 3.28. The number of hydrogen-bond acceptors (Lipinski definition) is 3. The summed E-state index contributed by atoms with van der Waals surface area (Å²) in [6, 6.07) is 14.2. The van der Waals surface area contributed by atoms with Crippen molar-refractivity contribution in [3.05, 3.63) is 58.3 Å². The molecule has 122 valence electrons. The fourth-order valence-corrected chi connectivity index (χ4v) is 4.23. The van der Waals surface area contributed by atoms with Gasteiger partial charge in [-0.3, -0.25) is 4.79 Å². The van der Waals surface area contributed by atoms with Gasteiger partial charge in [0.1, 0.15) is 0 Å². The van der Waals surface area contributed by atoms with E-state index in [0.29, 0.717) is 13.2 Å². The van der Waals surface area contributed by atoms with E-state index in [4.69, 9.17) is 4.74 Å². The topological polar surface area (TPSA) is 38.3 Å². The summed E-state index contributed by atoms with van der Waals surface area (Å²) in [7, 11) is 0. The van der Waals surface area contributed by atoms with Crippen molar-refractivity contribution < 1.29 is 9.53 Å². The molecule has 0 bridgehead atoms. The Kier molecular flexibility index (Phi) is 5.13. The maximum absolute atomic E-state index is 13.0. The zero-order valence-corrected chi connectivity index (χ0v) is 14.3. The lowest BCUT2D eigenvalue weighted by atomic mass is 9.86. The van der Waals surface area contributed by atoms with Crippen LogP contribution in [0, 0.1) is 0 Å². The van der Waals surface area contributed by atoms with Gasteiger partial charge in [-0.1, -0.05) is 43.3 Å². The zero-order chi connectivity index (χ0) is 16.1. The zero-order valence-electron chi connectivity index (χ0n) is 13.5. The number of thiophene rings is 1. The molecule has 1 aliphatic heterocycles. The predicted octanol–water partition coefficient (Wildman–Crippen LogP) is 4.06. The molecule has 1 aromatic carbocycles. The number of benzene rings is 1. The van der Waals surface area contributed by atoms with Gasteiger partial charge in [-0.15, -0.1) is 11.3 Å². The highest BCUT2D eigenvalue weighted by Crippen LogP contribution is 2.36. The Morgan fingerprint density at radius 2 is 1.96 bits per heavy atom. The third-order valence-corrected chi connectivity index (χ3v) is 5.70. The molecule has 3 nitrogen and oxygen atoms in total. The molecule has 0 aliphatic carbocycles. The van der Waals surface area contributed by atoms with Crippen LogP contribution in [0.25, 0.3) is 0 Å². The number of nitrogens with one attached hydrogen (secondary N) is 1. The van der Waals surface area contributed by atoms with E-state index in [1.807, 2.05) is 30.3 Å². The van der Waals surface area contributed by atoms with Gasteiger partial charge in [0, 0.05) is 18.1 Å². The van der Waals surface area contributed by atoms with Gasteiger partial charge in [0.15, 0.2) is 0 Å². The van der Waals surface area contributed by atoms with Crippen molar-refractivity contribution in [2.75, 3.05) is 13.2 Å². The van der Waals surface area contributed by atoms with E-state index >= 15 is 0 Å². The summed E-state index contributed by atoms with van der Waals surface area (Å²) in [6.45, 7) is 3.46. The van der Waals surface area contributed by atoms with Crippen LogP contribution in [0.15, 0.2) is 47.8 Å². The summed E-state index contributed by atoms with van der Waals surface area (Å²) in [5, 5.41) is 5.45. The van der Waals surface area contributed by atoms with Crippen molar-refractivity contribution in [1.29, 1.82) is 0 Å². The van der Waals surface area contributed by atoms with Crippen LogP contribution >= 0.6 is 11.3 Å². The first-order valence-electron chi connectivity index (χ1n) is 8.24. The van der Waals surface area contributed by atoms with Crippen molar-refractivity contribution in [3.63, 3.8) is 0 Å². The first-order chi connectivity index (χ1) is 11.2. The minimum atomic E-state index is -0.272. The number of ether oxygens (including phenoxy) is 1. The second-order valence-corrected chi connectivity index (χ2v) is 6.98. The normalized spacial score (nSPS) is 18.3. The lowest BCUT2D eigenvalue weighted by Crippen LogP contribution is -2.50. The van der Waals surface area contributed by atoms with Crippen LogP contribution in [-0.2, 0) is 15.1 Å². The van der Waals surface area contributed by atoms with Crippen molar-refractivity contribution >= 4 is 17.2 Å². The van der Waals surface area contributed by atoms with E-state index < -0.39 is 0 Å². The number of rotatable bonds is 5. The summed E-state index contributed by atoms with van der Waals surface area (Å²) in [6.07, 6.45) is 2.47. The van der Waals surface area contributed by atoms with E-state index in [1.165, 1.54) is 4.88 Å². The first kappa shape index (κ1) is 16.2. The molecule has 4 heteroatoms. The summed E-state index contributed by atoms with van der Waals surface area (Å²) in [5.41, 5.74) is 0.812. The molecule has 1 N–H and O–H groups in total. The molecule has 0 spiro atoms. The summed E-state index contributed by atoms with van der Waals surface area (Å²) in [4.78, 5) is 14.2. The molecule has 1 amide bonds. The lowest BCUT2D eigenvalue weighted by Gasteiger charge is -2.38. The molecule has 0 saturated carbocycles.